The zero-order valence-electron chi connectivity index (χ0n) is 9.10. The van der Waals surface area contributed by atoms with Gasteiger partial charge in [-0.2, -0.15) is 0 Å². The third kappa shape index (κ3) is 2.82. The molecule has 0 aliphatic rings. The van der Waals surface area contributed by atoms with E-state index in [1.54, 1.807) is 13.0 Å². The average molecular weight is 220 g/mol. The summed E-state index contributed by atoms with van der Waals surface area (Å²) in [5.74, 6) is 0.273. The van der Waals surface area contributed by atoms with E-state index in [9.17, 15) is 4.79 Å². The van der Waals surface area contributed by atoms with E-state index in [2.05, 4.69) is 5.06 Å². The molecule has 83 valence electrons. The number of hydrogen-bond donors (Lipinski definition) is 0. The summed E-state index contributed by atoms with van der Waals surface area (Å²) in [6.07, 6.45) is 0. The Bertz CT molecular complexity index is 394. The van der Waals surface area contributed by atoms with Gasteiger partial charge in [0.25, 0.3) is 0 Å². The summed E-state index contributed by atoms with van der Waals surface area (Å²) in [6, 6.07) is 4.57. The second-order valence-electron chi connectivity index (χ2n) is 2.78. The maximum atomic E-state index is 11.4. The van der Waals surface area contributed by atoms with Crippen molar-refractivity contribution < 1.29 is 19.1 Å². The van der Waals surface area contributed by atoms with E-state index in [1.165, 1.54) is 19.2 Å². The van der Waals surface area contributed by atoms with Crippen LogP contribution < -0.4 is 9.57 Å². The Morgan fingerprint density at radius 1 is 1.44 bits per heavy atom. The summed E-state index contributed by atoms with van der Waals surface area (Å²) in [6.45, 7) is 2.05. The van der Waals surface area contributed by atoms with Crippen LogP contribution >= 0.6 is 0 Å². The molecule has 0 fully saturated rings. The number of carbonyl (C=O) groups excluding carboxylic acids is 1. The molecule has 1 aromatic carbocycles. The van der Waals surface area contributed by atoms with Crippen LogP contribution in [0, 0.1) is 0 Å². The molecule has 0 aliphatic heterocycles. The zero-order chi connectivity index (χ0) is 12.0. The van der Waals surface area contributed by atoms with Gasteiger partial charge in [-0.1, -0.05) is 0 Å². The second kappa shape index (κ2) is 5.90. The van der Waals surface area contributed by atoms with E-state index in [0.29, 0.717) is 23.7 Å². The number of nitrogens with zero attached hydrogens (tertiary/aromatic N) is 1. The number of carbonyl (C=O) groups is 1. The summed E-state index contributed by atoms with van der Waals surface area (Å²) < 4.78 is 9.86. The molecule has 1 aromatic rings. The van der Waals surface area contributed by atoms with Crippen molar-refractivity contribution in [2.45, 2.75) is 6.92 Å². The van der Waals surface area contributed by atoms with Crippen LogP contribution in [-0.2, 0) is 4.74 Å². The van der Waals surface area contributed by atoms with Gasteiger partial charge in [-0.25, -0.2) is 0 Å². The van der Waals surface area contributed by atoms with Crippen molar-refractivity contribution in [3.8, 4) is 11.5 Å². The number of esters is 1. The molecule has 0 aliphatic carbocycles. The van der Waals surface area contributed by atoms with Crippen molar-refractivity contribution >= 4 is 13.6 Å². The number of ether oxygens (including phenoxy) is 2. The molecule has 0 unspecified atom stereocenters. The van der Waals surface area contributed by atoms with E-state index >= 15 is 0 Å². The van der Waals surface area contributed by atoms with Crippen LogP contribution in [0.25, 0.3) is 0 Å². The van der Waals surface area contributed by atoms with Crippen molar-refractivity contribution in [1.82, 2.24) is 0 Å². The topological polar surface area (TPSA) is 57.1 Å². The standard InChI is InChI=1S/C10H11BNO4/c1-3-15-10(13)7-4-5-8(16-12-11)9(6-7)14-2/h4-6H,3H2,1-2H3. The SMILES string of the molecule is [B]=NOc1ccc(C(=O)OCC)cc1OC. The van der Waals surface area contributed by atoms with E-state index in [0.717, 1.165) is 0 Å². The molecule has 0 bridgehead atoms. The molecular formula is C10H11BNO4. The number of benzene rings is 1. The molecule has 0 atom stereocenters. The first-order chi connectivity index (χ1) is 7.72. The van der Waals surface area contributed by atoms with E-state index in [1.807, 2.05) is 0 Å². The van der Waals surface area contributed by atoms with Crippen molar-refractivity contribution in [2.24, 2.45) is 5.06 Å². The fraction of sp³-hybridized carbons (Fsp3) is 0.300. The summed E-state index contributed by atoms with van der Waals surface area (Å²) in [4.78, 5) is 16.2. The molecule has 0 heterocycles. The second-order valence-corrected chi connectivity index (χ2v) is 2.78. The Morgan fingerprint density at radius 2 is 2.19 bits per heavy atom. The summed E-state index contributed by atoms with van der Waals surface area (Å²) >= 11 is 0. The first-order valence-electron chi connectivity index (χ1n) is 4.65. The van der Waals surface area contributed by atoms with Crippen molar-refractivity contribution in [1.29, 1.82) is 0 Å². The van der Waals surface area contributed by atoms with Gasteiger partial charge in [-0.05, 0) is 0 Å². The Balaban J connectivity index is 2.98. The first kappa shape index (κ1) is 12.2. The van der Waals surface area contributed by atoms with Crippen LogP contribution in [0.4, 0.5) is 0 Å². The number of hydrogen-bond acceptors (Lipinski definition) is 5. The van der Waals surface area contributed by atoms with Crippen molar-refractivity contribution in [2.75, 3.05) is 13.7 Å². The zero-order valence-corrected chi connectivity index (χ0v) is 9.10. The monoisotopic (exact) mass is 220 g/mol. The molecule has 1 rings (SSSR count). The fourth-order valence-corrected chi connectivity index (χ4v) is 1.14. The predicted molar refractivity (Wildman–Crippen MR) is 57.8 cm³/mol. The summed E-state index contributed by atoms with van der Waals surface area (Å²) in [5, 5.41) is 3.03. The van der Waals surface area contributed by atoms with Crippen molar-refractivity contribution in [3.05, 3.63) is 23.8 Å². The normalized spacial score (nSPS) is 9.31. The van der Waals surface area contributed by atoms with Crippen LogP contribution in [-0.4, -0.2) is 27.3 Å². The molecule has 0 saturated heterocycles. The Labute approximate surface area is 94.4 Å². The van der Waals surface area contributed by atoms with E-state index in [4.69, 9.17) is 21.9 Å². The predicted octanol–water partition coefficient (Wildman–Crippen LogP) is 1.52. The summed E-state index contributed by atoms with van der Waals surface area (Å²) in [5.41, 5.74) is 0.378. The number of rotatable bonds is 5. The van der Waals surface area contributed by atoms with Gasteiger partial charge in [0.1, 0.15) is 0 Å². The summed E-state index contributed by atoms with van der Waals surface area (Å²) in [7, 11) is 6.34. The minimum absolute atomic E-state index is 0.317. The average Bonchev–Trinajstić information content (AvgIpc) is 2.30. The van der Waals surface area contributed by atoms with Gasteiger partial charge < -0.3 is 0 Å². The Morgan fingerprint density at radius 3 is 2.75 bits per heavy atom. The molecule has 5 nitrogen and oxygen atoms in total. The van der Waals surface area contributed by atoms with E-state index < -0.39 is 5.97 Å². The van der Waals surface area contributed by atoms with Crippen molar-refractivity contribution in [3.63, 3.8) is 0 Å². The molecule has 0 saturated carbocycles. The maximum absolute atomic E-state index is 11.4. The molecule has 0 N–H and O–H groups in total. The third-order valence-electron chi connectivity index (χ3n) is 1.83. The molecule has 0 aromatic heterocycles. The van der Waals surface area contributed by atoms with Crippen LogP contribution in [0.15, 0.2) is 23.3 Å². The fourth-order valence-electron chi connectivity index (χ4n) is 1.14. The minimum atomic E-state index is -0.419. The molecule has 16 heavy (non-hydrogen) atoms. The third-order valence-corrected chi connectivity index (χ3v) is 1.83. The van der Waals surface area contributed by atoms with Gasteiger partial charge in [0.2, 0.25) is 0 Å². The van der Waals surface area contributed by atoms with Crippen LogP contribution in [0.3, 0.4) is 0 Å². The van der Waals surface area contributed by atoms with Crippen LogP contribution in [0.2, 0.25) is 0 Å². The quantitative estimate of drug-likeness (QED) is 0.428. The van der Waals surface area contributed by atoms with Gasteiger partial charge in [0, 0.05) is 0 Å². The van der Waals surface area contributed by atoms with Gasteiger partial charge in [-0.3, -0.25) is 0 Å². The van der Waals surface area contributed by atoms with Gasteiger partial charge in [0.15, 0.2) is 0 Å². The van der Waals surface area contributed by atoms with Crippen LogP contribution in [0.1, 0.15) is 17.3 Å². The first-order valence-corrected chi connectivity index (χ1v) is 4.65. The molecule has 0 spiro atoms. The van der Waals surface area contributed by atoms with Gasteiger partial charge >= 0.3 is 93.7 Å². The molecule has 0 amide bonds. The molecule has 1 radical (unpaired) electrons. The Kier molecular flexibility index (Phi) is 4.51. The van der Waals surface area contributed by atoms with Crippen LogP contribution in [0.5, 0.6) is 11.5 Å². The molecular weight excluding hydrogens is 209 g/mol. The Hall–Kier alpha value is -1.85. The number of methoxy groups -OCH3 is 1. The van der Waals surface area contributed by atoms with E-state index in [-0.39, 0.29) is 0 Å². The van der Waals surface area contributed by atoms with Gasteiger partial charge in [0.05, 0.1) is 0 Å². The van der Waals surface area contributed by atoms with Gasteiger partial charge in [-0.15, -0.1) is 0 Å². The molecule has 6 heteroatoms.